The third kappa shape index (κ3) is 9.02. The Morgan fingerprint density at radius 1 is 0.909 bits per heavy atom. The molecule has 1 atom stereocenters. The molecule has 0 radical (unpaired) electrons. The van der Waals surface area contributed by atoms with E-state index >= 15 is 0 Å². The zero-order valence-corrected chi connectivity index (χ0v) is 24.3. The summed E-state index contributed by atoms with van der Waals surface area (Å²) in [7, 11) is 0. The van der Waals surface area contributed by atoms with Gasteiger partial charge in [0.2, 0.25) is 29.3 Å². The topological polar surface area (TPSA) is 149 Å². The summed E-state index contributed by atoms with van der Waals surface area (Å²) >= 11 is 0. The number of carbonyl (C=O) groups excluding carboxylic acids is 4. The van der Waals surface area contributed by atoms with Crippen LogP contribution in [0.1, 0.15) is 30.9 Å². The van der Waals surface area contributed by atoms with E-state index in [1.54, 1.807) is 72.9 Å². The Balaban J connectivity index is 1.51. The molecular weight excluding hydrogens is 562 g/mol. The van der Waals surface area contributed by atoms with Crippen molar-refractivity contribution in [3.05, 3.63) is 113 Å². The van der Waals surface area contributed by atoms with Gasteiger partial charge in [0.1, 0.15) is 12.4 Å². The lowest BCUT2D eigenvalue weighted by Crippen LogP contribution is -2.47. The zero-order chi connectivity index (χ0) is 31.3. The molecule has 0 saturated carbocycles. The van der Waals surface area contributed by atoms with E-state index in [0.29, 0.717) is 11.4 Å². The van der Waals surface area contributed by atoms with Crippen molar-refractivity contribution in [1.29, 1.82) is 0 Å². The molecule has 0 fully saturated rings. The van der Waals surface area contributed by atoms with Crippen LogP contribution in [0.15, 0.2) is 96.1 Å². The minimum Gasteiger partial charge on any atom is -0.478 e. The highest BCUT2D eigenvalue weighted by atomic mass is 16.5. The van der Waals surface area contributed by atoms with Gasteiger partial charge in [0.25, 0.3) is 5.56 Å². The number of carbonyl (C=O) groups is 4. The molecule has 11 heteroatoms. The summed E-state index contributed by atoms with van der Waals surface area (Å²) in [6.07, 6.45) is 3.26. The minimum absolute atomic E-state index is 0.0640. The van der Waals surface area contributed by atoms with Gasteiger partial charge in [0, 0.05) is 50.3 Å². The van der Waals surface area contributed by atoms with Crippen LogP contribution in [0.2, 0.25) is 0 Å². The molecule has 11 nitrogen and oxygen atoms in total. The van der Waals surface area contributed by atoms with E-state index in [0.717, 1.165) is 5.56 Å². The molecule has 4 aromatic rings. The highest BCUT2D eigenvalue weighted by Gasteiger charge is 2.27. The molecule has 0 bridgehead atoms. The fourth-order valence-corrected chi connectivity index (χ4v) is 4.44. The third-order valence-corrected chi connectivity index (χ3v) is 6.62. The van der Waals surface area contributed by atoms with Crippen LogP contribution in [-0.2, 0) is 38.7 Å². The van der Waals surface area contributed by atoms with Crippen LogP contribution in [-0.4, -0.2) is 50.6 Å². The molecule has 0 aliphatic heterocycles. The van der Waals surface area contributed by atoms with Gasteiger partial charge >= 0.3 is 0 Å². The first kappa shape index (κ1) is 31.5. The Morgan fingerprint density at radius 3 is 2.30 bits per heavy atom. The first-order valence-corrected chi connectivity index (χ1v) is 14.1. The van der Waals surface area contributed by atoms with Gasteiger partial charge in [0.05, 0.1) is 18.2 Å². The Hall–Kier alpha value is -5.45. The predicted molar refractivity (Wildman–Crippen MR) is 163 cm³/mol. The summed E-state index contributed by atoms with van der Waals surface area (Å²) in [5.74, 6) is -1.70. The summed E-state index contributed by atoms with van der Waals surface area (Å²) in [5.41, 5.74) is 1.02. The minimum atomic E-state index is -1.15. The largest absolute Gasteiger partial charge is 0.478 e. The number of pyridine rings is 1. The van der Waals surface area contributed by atoms with Gasteiger partial charge < -0.3 is 15.4 Å². The fourth-order valence-electron chi connectivity index (χ4n) is 4.44. The van der Waals surface area contributed by atoms with Crippen LogP contribution in [0.4, 0.5) is 0 Å². The monoisotopic (exact) mass is 595 g/mol. The maximum absolute atomic E-state index is 13.4. The standard InChI is InChI=1S/C33H33N5O6/c1-23(39)35-20-26-21-36-32(25-13-6-3-7-14-25)38(33(26)43)22-29(41)37-27(19-24-11-4-2-5-12-24)31(42)28(40)15-10-18-44-30-16-8-9-17-34-30/h2-9,11-14,16-17,21,27H,10,15,18-20,22H2,1H3,(H,35,39)(H,37,41). The van der Waals surface area contributed by atoms with E-state index in [1.807, 2.05) is 12.1 Å². The molecule has 1 unspecified atom stereocenters. The molecule has 4 rings (SSSR count). The first-order chi connectivity index (χ1) is 21.3. The van der Waals surface area contributed by atoms with Crippen molar-refractivity contribution < 1.29 is 23.9 Å². The number of ketones is 2. The van der Waals surface area contributed by atoms with Crippen LogP contribution in [0.3, 0.4) is 0 Å². The van der Waals surface area contributed by atoms with Gasteiger partial charge in [-0.1, -0.05) is 66.7 Å². The average Bonchev–Trinajstić information content (AvgIpc) is 3.04. The van der Waals surface area contributed by atoms with Crippen molar-refractivity contribution >= 4 is 23.4 Å². The molecule has 2 aromatic heterocycles. The molecule has 44 heavy (non-hydrogen) atoms. The quantitative estimate of drug-likeness (QED) is 0.157. The normalized spacial score (nSPS) is 11.3. The molecule has 0 aliphatic carbocycles. The van der Waals surface area contributed by atoms with E-state index in [-0.39, 0.29) is 49.7 Å². The number of rotatable bonds is 15. The lowest BCUT2D eigenvalue weighted by Gasteiger charge is -2.19. The van der Waals surface area contributed by atoms with Crippen LogP contribution in [0, 0.1) is 0 Å². The SMILES string of the molecule is CC(=O)NCc1cnc(-c2ccccc2)n(CC(=O)NC(Cc2ccccc2)C(=O)C(=O)CCCOc2ccccn2)c1=O. The van der Waals surface area contributed by atoms with Gasteiger partial charge in [-0.15, -0.1) is 0 Å². The van der Waals surface area contributed by atoms with Crippen molar-refractivity contribution in [2.24, 2.45) is 0 Å². The Kier molecular flexibility index (Phi) is 11.2. The number of amides is 2. The number of hydrogen-bond donors (Lipinski definition) is 2. The smallest absolute Gasteiger partial charge is 0.259 e. The highest BCUT2D eigenvalue weighted by Crippen LogP contribution is 2.15. The predicted octanol–water partition coefficient (Wildman–Crippen LogP) is 2.67. The average molecular weight is 596 g/mol. The summed E-state index contributed by atoms with van der Waals surface area (Å²) in [6, 6.07) is 22.0. The molecule has 226 valence electrons. The number of benzene rings is 2. The zero-order valence-electron chi connectivity index (χ0n) is 24.3. The third-order valence-electron chi connectivity index (χ3n) is 6.62. The summed E-state index contributed by atoms with van der Waals surface area (Å²) in [4.78, 5) is 73.0. The van der Waals surface area contributed by atoms with Gasteiger partial charge in [-0.25, -0.2) is 9.97 Å². The second-order valence-electron chi connectivity index (χ2n) is 9.99. The molecule has 0 aliphatic rings. The van der Waals surface area contributed by atoms with Crippen molar-refractivity contribution in [2.45, 2.75) is 45.3 Å². The van der Waals surface area contributed by atoms with E-state index in [2.05, 4.69) is 20.6 Å². The highest BCUT2D eigenvalue weighted by molar-refractivity contribution is 6.39. The lowest BCUT2D eigenvalue weighted by atomic mass is 9.98. The summed E-state index contributed by atoms with van der Waals surface area (Å²) < 4.78 is 6.71. The number of hydrogen-bond acceptors (Lipinski definition) is 8. The van der Waals surface area contributed by atoms with Crippen molar-refractivity contribution in [3.8, 4) is 17.3 Å². The Labute approximate surface area is 254 Å². The van der Waals surface area contributed by atoms with Gasteiger partial charge in [-0.3, -0.25) is 28.5 Å². The first-order valence-electron chi connectivity index (χ1n) is 14.1. The van der Waals surface area contributed by atoms with Crippen molar-refractivity contribution in [2.75, 3.05) is 6.61 Å². The van der Waals surface area contributed by atoms with Crippen molar-refractivity contribution in [1.82, 2.24) is 25.2 Å². The maximum atomic E-state index is 13.4. The molecule has 0 spiro atoms. The van der Waals surface area contributed by atoms with Crippen LogP contribution >= 0.6 is 0 Å². The summed E-state index contributed by atoms with van der Waals surface area (Å²) in [6.45, 7) is 0.995. The van der Waals surface area contributed by atoms with Crippen LogP contribution in [0.25, 0.3) is 11.4 Å². The van der Waals surface area contributed by atoms with Gasteiger partial charge in [-0.2, -0.15) is 0 Å². The lowest BCUT2D eigenvalue weighted by molar-refractivity contribution is -0.139. The molecular formula is C33H33N5O6. The van der Waals surface area contributed by atoms with Crippen molar-refractivity contribution in [3.63, 3.8) is 0 Å². The van der Waals surface area contributed by atoms with E-state index in [9.17, 15) is 24.0 Å². The maximum Gasteiger partial charge on any atom is 0.259 e. The van der Waals surface area contributed by atoms with Crippen LogP contribution < -0.4 is 20.9 Å². The summed E-state index contributed by atoms with van der Waals surface area (Å²) in [5, 5.41) is 5.25. The van der Waals surface area contributed by atoms with E-state index in [1.165, 1.54) is 17.7 Å². The molecule has 2 N–H and O–H groups in total. The number of Topliss-reactive ketones (excluding diaryl/α,β-unsaturated/α-hetero) is 2. The number of aromatic nitrogens is 3. The molecule has 2 amide bonds. The van der Waals surface area contributed by atoms with Gasteiger partial charge in [0.15, 0.2) is 0 Å². The molecule has 2 aromatic carbocycles. The van der Waals surface area contributed by atoms with Crippen LogP contribution in [0.5, 0.6) is 5.88 Å². The van der Waals surface area contributed by atoms with Gasteiger partial charge in [-0.05, 0) is 18.1 Å². The second-order valence-corrected chi connectivity index (χ2v) is 9.99. The molecule has 2 heterocycles. The second kappa shape index (κ2) is 15.7. The number of nitrogens with zero attached hydrogens (tertiary/aromatic N) is 3. The Bertz CT molecular complexity index is 1640. The fraction of sp³-hybridized carbons (Fsp3) is 0.242. The van der Waals surface area contributed by atoms with E-state index in [4.69, 9.17) is 4.74 Å². The number of nitrogens with one attached hydrogen (secondary N) is 2. The molecule has 0 saturated heterocycles. The van der Waals surface area contributed by atoms with E-state index < -0.39 is 35.6 Å². The Morgan fingerprint density at radius 2 is 1.61 bits per heavy atom. The number of ether oxygens (including phenoxy) is 1.